The molecule has 0 spiro atoms. The lowest BCUT2D eigenvalue weighted by atomic mass is 10.1. The highest BCUT2D eigenvalue weighted by atomic mass is 16.5. The van der Waals surface area contributed by atoms with E-state index in [0.717, 1.165) is 5.56 Å². The van der Waals surface area contributed by atoms with Gasteiger partial charge in [-0.3, -0.25) is 14.4 Å². The molecule has 0 atom stereocenters. The number of carboxylic acids is 1. The van der Waals surface area contributed by atoms with Gasteiger partial charge in [0, 0.05) is 16.8 Å². The zero-order chi connectivity index (χ0) is 20.0. The van der Waals surface area contributed by atoms with Gasteiger partial charge in [-0.15, -0.1) is 0 Å². The molecule has 27 heavy (non-hydrogen) atoms. The fourth-order valence-electron chi connectivity index (χ4n) is 2.33. The average molecular weight is 372 g/mol. The summed E-state index contributed by atoms with van der Waals surface area (Å²) in [7, 11) is 2.98. The number of hydrogen-bond acceptors (Lipinski definition) is 5. The first-order valence-corrected chi connectivity index (χ1v) is 7.99. The number of hydrogen-bond donors (Lipinski definition) is 3. The number of carboxylic acid groups (broad SMARTS) is 1. The van der Waals surface area contributed by atoms with E-state index in [2.05, 4.69) is 10.6 Å². The summed E-state index contributed by atoms with van der Waals surface area (Å²) in [5, 5.41) is 13.7. The van der Waals surface area contributed by atoms with E-state index in [1.54, 1.807) is 37.3 Å². The maximum atomic E-state index is 12.5. The predicted molar refractivity (Wildman–Crippen MR) is 98.6 cm³/mol. The third-order valence-corrected chi connectivity index (χ3v) is 3.79. The fraction of sp³-hybridized carbons (Fsp3) is 0.211. The standard InChI is InChI=1S/C19H20N2O6/c1-11-4-5-12(18(24)20-10-17(22)23)8-14(11)21-19(25)13-6-7-15(26-2)16(9-13)27-3/h4-9H,10H2,1-3H3,(H,20,24)(H,21,25)(H,22,23). The smallest absolute Gasteiger partial charge is 0.322 e. The van der Waals surface area contributed by atoms with Crippen LogP contribution in [0, 0.1) is 6.92 Å². The first-order valence-electron chi connectivity index (χ1n) is 7.99. The Hall–Kier alpha value is -3.55. The minimum Gasteiger partial charge on any atom is -0.493 e. The number of anilines is 1. The Labute approximate surface area is 156 Å². The molecule has 142 valence electrons. The van der Waals surface area contributed by atoms with Gasteiger partial charge >= 0.3 is 5.97 Å². The SMILES string of the molecule is COc1ccc(C(=O)Nc2cc(C(=O)NCC(=O)O)ccc2C)cc1OC. The van der Waals surface area contributed by atoms with E-state index in [1.807, 2.05) is 0 Å². The van der Waals surface area contributed by atoms with Crippen LogP contribution in [0.1, 0.15) is 26.3 Å². The normalized spacial score (nSPS) is 10.0. The van der Waals surface area contributed by atoms with Crippen LogP contribution in [-0.2, 0) is 4.79 Å². The third-order valence-electron chi connectivity index (χ3n) is 3.79. The number of carbonyl (C=O) groups excluding carboxylic acids is 2. The lowest BCUT2D eigenvalue weighted by Gasteiger charge is -2.12. The van der Waals surface area contributed by atoms with E-state index in [-0.39, 0.29) is 11.5 Å². The number of carbonyl (C=O) groups is 3. The van der Waals surface area contributed by atoms with E-state index < -0.39 is 18.4 Å². The molecule has 2 aromatic rings. The summed E-state index contributed by atoms with van der Waals surface area (Å²) in [5.41, 5.74) is 1.79. The average Bonchev–Trinajstić information content (AvgIpc) is 2.66. The highest BCUT2D eigenvalue weighted by molar-refractivity contribution is 6.06. The van der Waals surface area contributed by atoms with Crippen molar-refractivity contribution in [1.82, 2.24) is 5.32 Å². The van der Waals surface area contributed by atoms with Gasteiger partial charge in [-0.1, -0.05) is 6.07 Å². The van der Waals surface area contributed by atoms with Crippen LogP contribution in [0.3, 0.4) is 0 Å². The maximum absolute atomic E-state index is 12.5. The molecule has 2 aromatic carbocycles. The second-order valence-corrected chi connectivity index (χ2v) is 5.63. The van der Waals surface area contributed by atoms with Crippen LogP contribution in [0.5, 0.6) is 11.5 Å². The van der Waals surface area contributed by atoms with Gasteiger partial charge in [0.15, 0.2) is 11.5 Å². The van der Waals surface area contributed by atoms with E-state index in [9.17, 15) is 14.4 Å². The van der Waals surface area contributed by atoms with Crippen molar-refractivity contribution in [3.05, 3.63) is 53.1 Å². The molecule has 0 saturated heterocycles. The molecule has 0 aliphatic rings. The van der Waals surface area contributed by atoms with Gasteiger partial charge in [0.05, 0.1) is 14.2 Å². The molecule has 0 aromatic heterocycles. The number of nitrogens with one attached hydrogen (secondary N) is 2. The van der Waals surface area contributed by atoms with Crippen LogP contribution in [0.2, 0.25) is 0 Å². The summed E-state index contributed by atoms with van der Waals surface area (Å²) in [6.45, 7) is 1.29. The van der Waals surface area contributed by atoms with Crippen molar-refractivity contribution in [2.45, 2.75) is 6.92 Å². The number of amides is 2. The summed E-state index contributed by atoms with van der Waals surface area (Å²) in [6, 6.07) is 9.47. The van der Waals surface area contributed by atoms with Gasteiger partial charge in [0.1, 0.15) is 6.54 Å². The summed E-state index contributed by atoms with van der Waals surface area (Å²) in [6.07, 6.45) is 0. The Morgan fingerprint density at radius 3 is 2.19 bits per heavy atom. The van der Waals surface area contributed by atoms with Crippen LogP contribution >= 0.6 is 0 Å². The first kappa shape index (κ1) is 19.8. The highest BCUT2D eigenvalue weighted by Gasteiger charge is 2.14. The zero-order valence-electron chi connectivity index (χ0n) is 15.2. The van der Waals surface area contributed by atoms with Crippen LogP contribution < -0.4 is 20.1 Å². The Bertz CT molecular complexity index is 878. The maximum Gasteiger partial charge on any atom is 0.322 e. The topological polar surface area (TPSA) is 114 Å². The molecule has 3 N–H and O–H groups in total. The van der Waals surface area contributed by atoms with E-state index >= 15 is 0 Å². The molecule has 0 radical (unpaired) electrons. The minimum absolute atomic E-state index is 0.240. The second-order valence-electron chi connectivity index (χ2n) is 5.63. The Kier molecular flexibility index (Phi) is 6.37. The van der Waals surface area contributed by atoms with E-state index in [0.29, 0.717) is 22.7 Å². The third kappa shape index (κ3) is 4.97. The van der Waals surface area contributed by atoms with Gasteiger partial charge in [-0.2, -0.15) is 0 Å². The molecule has 2 amide bonds. The molecular formula is C19H20N2O6. The van der Waals surface area contributed by atoms with Gasteiger partial charge in [0.2, 0.25) is 0 Å². The zero-order valence-corrected chi connectivity index (χ0v) is 15.2. The number of ether oxygens (including phenoxy) is 2. The minimum atomic E-state index is -1.14. The highest BCUT2D eigenvalue weighted by Crippen LogP contribution is 2.28. The van der Waals surface area contributed by atoms with Crippen molar-refractivity contribution in [2.75, 3.05) is 26.1 Å². The molecule has 0 bridgehead atoms. The number of aliphatic carboxylic acids is 1. The second kappa shape index (κ2) is 8.70. The molecule has 0 unspecified atom stereocenters. The lowest BCUT2D eigenvalue weighted by Crippen LogP contribution is -2.29. The lowest BCUT2D eigenvalue weighted by molar-refractivity contribution is -0.135. The fourth-order valence-corrected chi connectivity index (χ4v) is 2.33. The van der Waals surface area contributed by atoms with Crippen LogP contribution in [0.15, 0.2) is 36.4 Å². The molecule has 8 nitrogen and oxygen atoms in total. The molecule has 8 heteroatoms. The number of aryl methyl sites for hydroxylation is 1. The van der Waals surface area contributed by atoms with Gasteiger partial charge < -0.3 is 25.2 Å². The van der Waals surface area contributed by atoms with Crippen molar-refractivity contribution >= 4 is 23.5 Å². The largest absolute Gasteiger partial charge is 0.493 e. The monoisotopic (exact) mass is 372 g/mol. The van der Waals surface area contributed by atoms with Gasteiger partial charge in [-0.05, 0) is 42.8 Å². The van der Waals surface area contributed by atoms with Crippen molar-refractivity contribution in [1.29, 1.82) is 0 Å². The van der Waals surface area contributed by atoms with E-state index in [1.165, 1.54) is 20.3 Å². The summed E-state index contributed by atoms with van der Waals surface area (Å²) < 4.78 is 10.3. The van der Waals surface area contributed by atoms with Crippen molar-refractivity contribution < 1.29 is 29.0 Å². The predicted octanol–water partition coefficient (Wildman–Crippen LogP) is 2.08. The van der Waals surface area contributed by atoms with Crippen LogP contribution in [-0.4, -0.2) is 43.7 Å². The van der Waals surface area contributed by atoms with E-state index in [4.69, 9.17) is 14.6 Å². The number of methoxy groups -OCH3 is 2. The van der Waals surface area contributed by atoms with Gasteiger partial charge in [-0.25, -0.2) is 0 Å². The van der Waals surface area contributed by atoms with Crippen LogP contribution in [0.25, 0.3) is 0 Å². The first-order chi connectivity index (χ1) is 12.8. The number of benzene rings is 2. The summed E-state index contributed by atoms with van der Waals surface area (Å²) >= 11 is 0. The molecule has 0 heterocycles. The molecule has 0 aliphatic heterocycles. The Morgan fingerprint density at radius 1 is 0.926 bits per heavy atom. The molecule has 0 fully saturated rings. The molecule has 0 saturated carbocycles. The van der Waals surface area contributed by atoms with Crippen molar-refractivity contribution in [2.24, 2.45) is 0 Å². The summed E-state index contributed by atoms with van der Waals surface area (Å²) in [4.78, 5) is 35.1. The molecule has 2 rings (SSSR count). The number of rotatable bonds is 7. The summed E-state index contributed by atoms with van der Waals surface area (Å²) in [5.74, 6) is -1.15. The van der Waals surface area contributed by atoms with Crippen molar-refractivity contribution in [3.8, 4) is 11.5 Å². The van der Waals surface area contributed by atoms with Crippen LogP contribution in [0.4, 0.5) is 5.69 Å². The quantitative estimate of drug-likeness (QED) is 0.686. The molecular weight excluding hydrogens is 352 g/mol. The van der Waals surface area contributed by atoms with Gasteiger partial charge in [0.25, 0.3) is 11.8 Å². The molecule has 0 aliphatic carbocycles. The Morgan fingerprint density at radius 2 is 1.56 bits per heavy atom. The van der Waals surface area contributed by atoms with Crippen molar-refractivity contribution in [3.63, 3.8) is 0 Å². The Balaban J connectivity index is 2.21.